The Bertz CT molecular complexity index is 395. The number of nitrogens with zero attached hydrogens (tertiary/aromatic N) is 2. The third kappa shape index (κ3) is 2.83. The zero-order valence-corrected chi connectivity index (χ0v) is 10.0. The Morgan fingerprint density at radius 2 is 2.13 bits per heavy atom. The molecule has 0 aliphatic heterocycles. The number of hydrogen-bond acceptors (Lipinski definition) is 2. The molecule has 0 radical (unpaired) electrons. The van der Waals surface area contributed by atoms with Crippen LogP contribution in [0.4, 0.5) is 11.4 Å². The lowest BCUT2D eigenvalue weighted by Crippen LogP contribution is -2.08. The Morgan fingerprint density at radius 3 is 2.60 bits per heavy atom. The maximum absolute atomic E-state index is 5.89. The Kier molecular flexibility index (Phi) is 3.92. The molecule has 1 rings (SSSR count). The van der Waals surface area contributed by atoms with E-state index in [0.29, 0.717) is 5.03 Å². The molecule has 1 aromatic carbocycles. The summed E-state index contributed by atoms with van der Waals surface area (Å²) in [6.07, 6.45) is 1.75. The second-order valence-electron chi connectivity index (χ2n) is 3.39. The molecule has 3 heteroatoms. The van der Waals surface area contributed by atoms with Gasteiger partial charge in [0.1, 0.15) is 0 Å². The molecule has 0 saturated heterocycles. The van der Waals surface area contributed by atoms with E-state index in [1.807, 2.05) is 44.1 Å². The first-order chi connectivity index (χ1) is 7.06. The van der Waals surface area contributed by atoms with E-state index in [4.69, 9.17) is 11.6 Å². The van der Waals surface area contributed by atoms with Gasteiger partial charge < -0.3 is 4.90 Å². The molecule has 1 aromatic rings. The van der Waals surface area contributed by atoms with E-state index >= 15 is 0 Å². The smallest absolute Gasteiger partial charge is 0.0733 e. The van der Waals surface area contributed by atoms with E-state index in [1.54, 1.807) is 6.21 Å². The van der Waals surface area contributed by atoms with Gasteiger partial charge in [-0.1, -0.05) is 18.2 Å². The van der Waals surface area contributed by atoms with Crippen LogP contribution in [0.25, 0.3) is 5.03 Å². The Hall–Kier alpha value is -1.28. The fourth-order valence-corrected chi connectivity index (χ4v) is 1.43. The number of aliphatic imine (C=N–C) groups is 1. The molecule has 0 amide bonds. The molecule has 0 N–H and O–H groups in total. The minimum Gasteiger partial charge on any atom is -0.378 e. The van der Waals surface area contributed by atoms with Gasteiger partial charge in [-0.15, -0.1) is 0 Å². The van der Waals surface area contributed by atoms with Crippen molar-refractivity contribution in [3.8, 4) is 0 Å². The molecule has 0 heterocycles. The van der Waals surface area contributed by atoms with Gasteiger partial charge in [-0.25, -0.2) is 0 Å². The predicted molar refractivity (Wildman–Crippen MR) is 69.5 cm³/mol. The minimum atomic E-state index is 0.515. The van der Waals surface area contributed by atoms with Crippen LogP contribution in [0, 0.1) is 0 Å². The quantitative estimate of drug-likeness (QED) is 0.713. The molecule has 15 heavy (non-hydrogen) atoms. The largest absolute Gasteiger partial charge is 0.378 e. The van der Waals surface area contributed by atoms with Crippen molar-refractivity contribution in [1.29, 1.82) is 0 Å². The van der Waals surface area contributed by atoms with Gasteiger partial charge in [-0.3, -0.25) is 4.99 Å². The predicted octanol–water partition coefficient (Wildman–Crippen LogP) is 3.68. The molecule has 0 atom stereocenters. The molecule has 0 bridgehead atoms. The van der Waals surface area contributed by atoms with Gasteiger partial charge in [-0.2, -0.15) is 0 Å². The van der Waals surface area contributed by atoms with Gasteiger partial charge in [-0.05, 0) is 25.1 Å². The lowest BCUT2D eigenvalue weighted by molar-refractivity contribution is 1.13. The standard InChI is InChI=1S/C12H15ClN2/c1-5-14-12-8-10(15(3)4)6-7-11(12)9(2)13/h5-8H,2H2,1,3-4H3. The molecule has 2 nitrogen and oxygen atoms in total. The second-order valence-corrected chi connectivity index (χ2v) is 3.84. The minimum absolute atomic E-state index is 0.515. The highest BCUT2D eigenvalue weighted by molar-refractivity contribution is 6.48. The van der Waals surface area contributed by atoms with Gasteiger partial charge in [0.2, 0.25) is 0 Å². The zero-order valence-electron chi connectivity index (χ0n) is 9.29. The van der Waals surface area contributed by atoms with Gasteiger partial charge in [0.15, 0.2) is 0 Å². The normalized spacial score (nSPS) is 10.7. The van der Waals surface area contributed by atoms with Crippen LogP contribution in [0.1, 0.15) is 12.5 Å². The molecule has 0 saturated carbocycles. The third-order valence-corrected chi connectivity index (χ3v) is 2.26. The number of anilines is 1. The zero-order chi connectivity index (χ0) is 11.4. The van der Waals surface area contributed by atoms with Crippen LogP contribution in [-0.4, -0.2) is 20.3 Å². The number of benzene rings is 1. The van der Waals surface area contributed by atoms with Gasteiger partial charge in [0.25, 0.3) is 0 Å². The SMILES string of the molecule is C=C(Cl)c1ccc(N(C)C)cc1N=CC. The fourth-order valence-electron chi connectivity index (χ4n) is 1.27. The monoisotopic (exact) mass is 222 g/mol. The second kappa shape index (κ2) is 4.99. The van der Waals surface area contributed by atoms with E-state index < -0.39 is 0 Å². The highest BCUT2D eigenvalue weighted by Crippen LogP contribution is 2.31. The molecule has 0 aromatic heterocycles. The van der Waals surface area contributed by atoms with Crippen LogP contribution in [0.15, 0.2) is 29.8 Å². The average molecular weight is 223 g/mol. The van der Waals surface area contributed by atoms with Crippen LogP contribution >= 0.6 is 11.6 Å². The first-order valence-corrected chi connectivity index (χ1v) is 5.09. The van der Waals surface area contributed by atoms with Crippen LogP contribution in [0.3, 0.4) is 0 Å². The summed E-state index contributed by atoms with van der Waals surface area (Å²) in [5.74, 6) is 0. The van der Waals surface area contributed by atoms with Crippen LogP contribution in [-0.2, 0) is 0 Å². The highest BCUT2D eigenvalue weighted by atomic mass is 35.5. The maximum atomic E-state index is 5.89. The molecule has 0 aliphatic carbocycles. The number of hydrogen-bond donors (Lipinski definition) is 0. The fraction of sp³-hybridized carbons (Fsp3) is 0.250. The van der Waals surface area contributed by atoms with Gasteiger partial charge >= 0.3 is 0 Å². The summed E-state index contributed by atoms with van der Waals surface area (Å²) in [5, 5.41) is 0.515. The molecule has 0 aliphatic rings. The van der Waals surface area contributed by atoms with Crippen molar-refractivity contribution in [2.24, 2.45) is 4.99 Å². The van der Waals surface area contributed by atoms with E-state index in [1.165, 1.54) is 0 Å². The van der Waals surface area contributed by atoms with Crippen molar-refractivity contribution in [2.75, 3.05) is 19.0 Å². The molecule has 80 valence electrons. The summed E-state index contributed by atoms with van der Waals surface area (Å²) in [4.78, 5) is 6.30. The van der Waals surface area contributed by atoms with Crippen molar-refractivity contribution in [2.45, 2.75) is 6.92 Å². The summed E-state index contributed by atoms with van der Waals surface area (Å²) in [5.41, 5.74) is 2.82. The Balaban J connectivity index is 3.26. The topological polar surface area (TPSA) is 15.6 Å². The van der Waals surface area contributed by atoms with Crippen LogP contribution < -0.4 is 4.90 Å². The Morgan fingerprint density at radius 1 is 1.47 bits per heavy atom. The first kappa shape index (κ1) is 11.8. The maximum Gasteiger partial charge on any atom is 0.0733 e. The van der Waals surface area contributed by atoms with Crippen molar-refractivity contribution in [3.63, 3.8) is 0 Å². The summed E-state index contributed by atoms with van der Waals surface area (Å²) in [7, 11) is 3.98. The third-order valence-electron chi connectivity index (χ3n) is 2.06. The molecular weight excluding hydrogens is 208 g/mol. The molecular formula is C12H15ClN2. The van der Waals surface area contributed by atoms with Crippen LogP contribution in [0.2, 0.25) is 0 Å². The average Bonchev–Trinajstić information content (AvgIpc) is 2.17. The van der Waals surface area contributed by atoms with Crippen molar-refractivity contribution in [1.82, 2.24) is 0 Å². The molecule has 0 fully saturated rings. The summed E-state index contributed by atoms with van der Waals surface area (Å²) in [6.45, 7) is 5.60. The lowest BCUT2D eigenvalue weighted by atomic mass is 10.1. The number of rotatable bonds is 3. The summed E-state index contributed by atoms with van der Waals surface area (Å²) >= 11 is 5.89. The molecule has 0 unspecified atom stereocenters. The lowest BCUT2D eigenvalue weighted by Gasteiger charge is -2.14. The van der Waals surface area contributed by atoms with E-state index in [0.717, 1.165) is 16.9 Å². The molecule has 0 spiro atoms. The van der Waals surface area contributed by atoms with E-state index in [9.17, 15) is 0 Å². The number of halogens is 1. The van der Waals surface area contributed by atoms with Crippen LogP contribution in [0.5, 0.6) is 0 Å². The van der Waals surface area contributed by atoms with E-state index in [2.05, 4.69) is 11.6 Å². The van der Waals surface area contributed by atoms with Gasteiger partial charge in [0, 0.05) is 36.6 Å². The van der Waals surface area contributed by atoms with Gasteiger partial charge in [0.05, 0.1) is 5.69 Å². The van der Waals surface area contributed by atoms with Crippen molar-refractivity contribution >= 4 is 34.2 Å². The van der Waals surface area contributed by atoms with E-state index in [-0.39, 0.29) is 0 Å². The Labute approximate surface area is 95.9 Å². The summed E-state index contributed by atoms with van der Waals surface area (Å²) in [6, 6.07) is 5.92. The van der Waals surface area contributed by atoms with Crippen molar-refractivity contribution < 1.29 is 0 Å². The first-order valence-electron chi connectivity index (χ1n) is 4.71. The highest BCUT2D eigenvalue weighted by Gasteiger charge is 2.05. The van der Waals surface area contributed by atoms with Crippen molar-refractivity contribution in [3.05, 3.63) is 30.3 Å². The summed E-state index contributed by atoms with van der Waals surface area (Å²) < 4.78 is 0.